The van der Waals surface area contributed by atoms with Crippen molar-refractivity contribution in [3.8, 4) is 0 Å². The number of alkyl halides is 1. The monoisotopic (exact) mass is 299 g/mol. The smallest absolute Gasteiger partial charge is 0.224 e. The topological polar surface area (TPSA) is 60.9 Å². The van der Waals surface area contributed by atoms with Gasteiger partial charge in [0.1, 0.15) is 11.3 Å². The number of carbonyl (C=O) groups is 1. The average Bonchev–Trinajstić information content (AvgIpc) is 2.68. The van der Waals surface area contributed by atoms with Crippen molar-refractivity contribution < 1.29 is 4.79 Å². The maximum atomic E-state index is 11.5. The molecule has 1 amide bonds. The highest BCUT2D eigenvalue weighted by molar-refractivity contribution is 6.35. The van der Waals surface area contributed by atoms with Crippen LogP contribution in [0.4, 0.5) is 0 Å². The van der Waals surface area contributed by atoms with Crippen molar-refractivity contribution in [1.29, 1.82) is 0 Å². The molecule has 2 rings (SSSR count). The van der Waals surface area contributed by atoms with E-state index in [1.165, 1.54) is 0 Å². The molecular weight excluding hydrogens is 285 g/mol. The fourth-order valence-corrected chi connectivity index (χ4v) is 2.33. The molecule has 0 saturated heterocycles. The van der Waals surface area contributed by atoms with E-state index in [-0.39, 0.29) is 11.8 Å². The highest BCUT2D eigenvalue weighted by atomic mass is 35.5. The lowest BCUT2D eigenvalue weighted by Gasteiger charge is -2.22. The molecule has 102 valence electrons. The number of para-hydroxylation sites is 1. The molecule has 0 saturated carbocycles. The van der Waals surface area contributed by atoms with Crippen LogP contribution in [0.25, 0.3) is 11.0 Å². The number of nitrogens with zero attached hydrogens (tertiary/aromatic N) is 2. The zero-order chi connectivity index (χ0) is 14.2. The van der Waals surface area contributed by atoms with Crippen LogP contribution in [0.2, 0.25) is 5.02 Å². The Kier molecular flexibility index (Phi) is 3.74. The summed E-state index contributed by atoms with van der Waals surface area (Å²) >= 11 is 12.0. The number of benzene rings is 1. The van der Waals surface area contributed by atoms with Crippen LogP contribution in [0.15, 0.2) is 18.2 Å². The standard InChI is InChI=1S/C13H15Cl2N3O/c1-13(2,12(16)19)7-18-9-5-3-4-8(15)11(9)17-10(18)6-14/h3-5H,6-7H2,1-2H3,(H2,16,19). The number of primary amides is 1. The van der Waals surface area contributed by atoms with E-state index in [1.807, 2.05) is 16.7 Å². The second-order valence-electron chi connectivity index (χ2n) is 5.10. The zero-order valence-electron chi connectivity index (χ0n) is 10.8. The second-order valence-corrected chi connectivity index (χ2v) is 5.78. The predicted octanol–water partition coefficient (Wildman–Crippen LogP) is 2.94. The quantitative estimate of drug-likeness (QED) is 0.882. The summed E-state index contributed by atoms with van der Waals surface area (Å²) in [6.07, 6.45) is 0. The molecule has 0 aliphatic carbocycles. The van der Waals surface area contributed by atoms with Crippen LogP contribution in [0.3, 0.4) is 0 Å². The maximum Gasteiger partial charge on any atom is 0.224 e. The lowest BCUT2D eigenvalue weighted by Crippen LogP contribution is -2.35. The number of carbonyl (C=O) groups excluding carboxylic acids is 1. The molecule has 4 nitrogen and oxygen atoms in total. The highest BCUT2D eigenvalue weighted by Crippen LogP contribution is 2.28. The molecule has 1 heterocycles. The van der Waals surface area contributed by atoms with E-state index in [9.17, 15) is 4.79 Å². The molecule has 0 bridgehead atoms. The van der Waals surface area contributed by atoms with Crippen molar-refractivity contribution >= 4 is 40.1 Å². The van der Waals surface area contributed by atoms with Crippen molar-refractivity contribution in [2.75, 3.05) is 0 Å². The predicted molar refractivity (Wildman–Crippen MR) is 77.3 cm³/mol. The first-order chi connectivity index (χ1) is 8.86. The van der Waals surface area contributed by atoms with Gasteiger partial charge in [0.05, 0.1) is 21.8 Å². The van der Waals surface area contributed by atoms with Gasteiger partial charge in [-0.3, -0.25) is 4.79 Å². The molecule has 19 heavy (non-hydrogen) atoms. The summed E-state index contributed by atoms with van der Waals surface area (Å²) in [5, 5.41) is 0.569. The minimum atomic E-state index is -0.684. The van der Waals surface area contributed by atoms with E-state index in [0.717, 1.165) is 5.52 Å². The Hall–Kier alpha value is -1.26. The van der Waals surface area contributed by atoms with Crippen molar-refractivity contribution in [3.63, 3.8) is 0 Å². The lowest BCUT2D eigenvalue weighted by molar-refractivity contribution is -0.126. The molecule has 0 atom stereocenters. The highest BCUT2D eigenvalue weighted by Gasteiger charge is 2.27. The van der Waals surface area contributed by atoms with Gasteiger partial charge in [0, 0.05) is 6.54 Å². The summed E-state index contributed by atoms with van der Waals surface area (Å²) in [7, 11) is 0. The van der Waals surface area contributed by atoms with Crippen LogP contribution in [0.1, 0.15) is 19.7 Å². The van der Waals surface area contributed by atoms with Gasteiger partial charge < -0.3 is 10.3 Å². The van der Waals surface area contributed by atoms with E-state index in [1.54, 1.807) is 19.9 Å². The average molecular weight is 300 g/mol. The van der Waals surface area contributed by atoms with Crippen LogP contribution in [-0.2, 0) is 17.2 Å². The number of halogens is 2. The second kappa shape index (κ2) is 5.02. The number of fused-ring (bicyclic) bond motifs is 1. The van der Waals surface area contributed by atoms with Crippen molar-refractivity contribution in [1.82, 2.24) is 9.55 Å². The first kappa shape index (κ1) is 14.2. The van der Waals surface area contributed by atoms with Crippen LogP contribution in [-0.4, -0.2) is 15.5 Å². The third-order valence-corrected chi connectivity index (χ3v) is 3.69. The maximum absolute atomic E-state index is 11.5. The summed E-state index contributed by atoms with van der Waals surface area (Å²) in [6, 6.07) is 5.53. The molecular formula is C13H15Cl2N3O. The molecule has 0 spiro atoms. The Bertz CT molecular complexity index is 634. The normalized spacial score (nSPS) is 12.0. The Morgan fingerprint density at radius 2 is 2.16 bits per heavy atom. The molecule has 0 aliphatic heterocycles. The van der Waals surface area contributed by atoms with Crippen LogP contribution in [0.5, 0.6) is 0 Å². The molecule has 0 unspecified atom stereocenters. The number of nitrogens with two attached hydrogens (primary N) is 1. The number of aromatic nitrogens is 2. The largest absolute Gasteiger partial charge is 0.369 e. The van der Waals surface area contributed by atoms with Gasteiger partial charge in [-0.25, -0.2) is 4.98 Å². The van der Waals surface area contributed by atoms with Crippen molar-refractivity contribution in [3.05, 3.63) is 29.0 Å². The molecule has 2 aromatic rings. The SMILES string of the molecule is CC(C)(Cn1c(CCl)nc2c(Cl)cccc21)C(N)=O. The number of imidazole rings is 1. The number of rotatable bonds is 4. The summed E-state index contributed by atoms with van der Waals surface area (Å²) in [6.45, 7) is 4.01. The van der Waals surface area contributed by atoms with Crippen LogP contribution < -0.4 is 5.73 Å². The Labute approximate surface area is 121 Å². The fourth-order valence-electron chi connectivity index (χ4n) is 1.91. The van der Waals surface area contributed by atoms with Gasteiger partial charge in [0.25, 0.3) is 0 Å². The van der Waals surface area contributed by atoms with Crippen LogP contribution >= 0.6 is 23.2 Å². The molecule has 1 aromatic heterocycles. The first-order valence-corrected chi connectivity index (χ1v) is 6.77. The summed E-state index contributed by atoms with van der Waals surface area (Å²) in [5.41, 5.74) is 6.29. The molecule has 6 heteroatoms. The lowest BCUT2D eigenvalue weighted by atomic mass is 9.92. The van der Waals surface area contributed by atoms with Gasteiger partial charge in [-0.15, -0.1) is 11.6 Å². The van der Waals surface area contributed by atoms with Gasteiger partial charge in [-0.1, -0.05) is 17.7 Å². The Morgan fingerprint density at radius 1 is 1.47 bits per heavy atom. The fraction of sp³-hybridized carbons (Fsp3) is 0.385. The van der Waals surface area contributed by atoms with Crippen molar-refractivity contribution in [2.24, 2.45) is 11.1 Å². The molecule has 1 aromatic carbocycles. The van der Waals surface area contributed by atoms with Gasteiger partial charge in [0.2, 0.25) is 5.91 Å². The minimum Gasteiger partial charge on any atom is -0.369 e. The summed E-state index contributed by atoms with van der Waals surface area (Å²) in [4.78, 5) is 15.9. The van der Waals surface area contributed by atoms with Gasteiger partial charge >= 0.3 is 0 Å². The van der Waals surface area contributed by atoms with Gasteiger partial charge in [-0.2, -0.15) is 0 Å². The van der Waals surface area contributed by atoms with E-state index in [0.29, 0.717) is 22.9 Å². The zero-order valence-corrected chi connectivity index (χ0v) is 12.3. The first-order valence-electron chi connectivity index (χ1n) is 5.86. The number of amides is 1. The van der Waals surface area contributed by atoms with E-state index >= 15 is 0 Å². The summed E-state index contributed by atoms with van der Waals surface area (Å²) < 4.78 is 1.90. The van der Waals surface area contributed by atoms with Gasteiger partial charge in [0.15, 0.2) is 0 Å². The Morgan fingerprint density at radius 3 is 2.74 bits per heavy atom. The molecule has 0 fully saturated rings. The molecule has 2 N–H and O–H groups in total. The third kappa shape index (κ3) is 2.55. The van der Waals surface area contributed by atoms with Gasteiger partial charge in [-0.05, 0) is 26.0 Å². The summed E-state index contributed by atoms with van der Waals surface area (Å²) in [5.74, 6) is 0.566. The number of hydrogen-bond donors (Lipinski definition) is 1. The van der Waals surface area contributed by atoms with Crippen molar-refractivity contribution in [2.45, 2.75) is 26.3 Å². The van der Waals surface area contributed by atoms with E-state index in [4.69, 9.17) is 28.9 Å². The third-order valence-electron chi connectivity index (χ3n) is 3.15. The van der Waals surface area contributed by atoms with Crippen LogP contribution in [0, 0.1) is 5.41 Å². The molecule has 0 radical (unpaired) electrons. The van der Waals surface area contributed by atoms with E-state index < -0.39 is 5.41 Å². The van der Waals surface area contributed by atoms with E-state index in [2.05, 4.69) is 4.98 Å². The minimum absolute atomic E-state index is 0.250. The Balaban J connectivity index is 2.59. The number of hydrogen-bond acceptors (Lipinski definition) is 2. The molecule has 0 aliphatic rings.